The van der Waals surface area contributed by atoms with Gasteiger partial charge in [0.1, 0.15) is 11.6 Å². The normalized spacial score (nSPS) is 14.6. The van der Waals surface area contributed by atoms with Gasteiger partial charge in [-0.15, -0.1) is 0 Å². The Balaban J connectivity index is 1.40. The molecule has 2 amide bonds. The van der Waals surface area contributed by atoms with E-state index in [0.29, 0.717) is 47.4 Å². The summed E-state index contributed by atoms with van der Waals surface area (Å²) in [7, 11) is 1.55. The minimum absolute atomic E-state index is 0.00340. The molecule has 8 heteroatoms. The number of hydrogen-bond donors (Lipinski definition) is 1. The smallest absolute Gasteiger partial charge is 0.321 e. The van der Waals surface area contributed by atoms with Crippen molar-refractivity contribution in [3.8, 4) is 5.75 Å². The summed E-state index contributed by atoms with van der Waals surface area (Å²) in [5.41, 5.74) is 1.27. The van der Waals surface area contributed by atoms with Crippen LogP contribution in [-0.4, -0.2) is 40.7 Å². The van der Waals surface area contributed by atoms with E-state index < -0.39 is 0 Å². The topological polar surface area (TPSA) is 76.5 Å². The fourth-order valence-electron chi connectivity index (χ4n) is 4.04. The Morgan fingerprint density at radius 3 is 2.71 bits per heavy atom. The van der Waals surface area contributed by atoms with Crippen LogP contribution in [-0.2, 0) is 6.54 Å². The molecule has 0 atom stereocenters. The molecule has 0 spiro atoms. The third-order valence-electron chi connectivity index (χ3n) is 5.80. The van der Waals surface area contributed by atoms with Crippen molar-refractivity contribution in [2.75, 3.05) is 25.5 Å². The Morgan fingerprint density at radius 1 is 1.23 bits per heavy atom. The fourth-order valence-corrected chi connectivity index (χ4v) is 4.22. The first-order valence-electron chi connectivity index (χ1n) is 10.3. The maximum Gasteiger partial charge on any atom is 0.321 e. The average molecular weight is 441 g/mol. The summed E-state index contributed by atoms with van der Waals surface area (Å²) in [5.74, 6) is 1.59. The predicted octanol–water partition coefficient (Wildman–Crippen LogP) is 4.31. The second-order valence-corrected chi connectivity index (χ2v) is 8.23. The number of aromatic nitrogens is 2. The highest BCUT2D eigenvalue weighted by Gasteiger charge is 2.24. The molecule has 2 heterocycles. The van der Waals surface area contributed by atoms with E-state index in [1.54, 1.807) is 34.8 Å². The number of nitrogens with zero attached hydrogens (tertiary/aromatic N) is 3. The lowest BCUT2D eigenvalue weighted by Crippen LogP contribution is -2.42. The van der Waals surface area contributed by atoms with Crippen LogP contribution < -0.4 is 15.6 Å². The van der Waals surface area contributed by atoms with Crippen LogP contribution in [0.25, 0.3) is 10.9 Å². The quantitative estimate of drug-likeness (QED) is 0.655. The SMILES string of the molecule is COc1ccc(Cl)cc1NC(=O)N1CCC(Cn2c(C)nc3ccccc3c2=O)CC1. The fraction of sp³-hybridized carbons (Fsp3) is 0.348. The van der Waals surface area contributed by atoms with Gasteiger partial charge in [0, 0.05) is 24.7 Å². The number of piperidine rings is 1. The molecule has 0 aliphatic carbocycles. The number of aryl methyl sites for hydroxylation is 1. The molecule has 1 aliphatic heterocycles. The Hall–Kier alpha value is -3.06. The average Bonchev–Trinajstić information content (AvgIpc) is 2.77. The van der Waals surface area contributed by atoms with Gasteiger partial charge >= 0.3 is 6.03 Å². The number of halogens is 1. The standard InChI is InChI=1S/C23H25ClN4O3/c1-15-25-19-6-4-3-5-18(19)22(29)28(15)14-16-9-11-27(12-10-16)23(30)26-20-13-17(24)7-8-21(20)31-2/h3-8,13,16H,9-12,14H2,1-2H3,(H,26,30). The van der Waals surface area contributed by atoms with E-state index in [-0.39, 0.29) is 11.6 Å². The lowest BCUT2D eigenvalue weighted by atomic mass is 9.96. The molecule has 0 saturated carbocycles. The van der Waals surface area contributed by atoms with E-state index >= 15 is 0 Å². The molecule has 7 nitrogen and oxygen atoms in total. The number of carbonyl (C=O) groups excluding carboxylic acids is 1. The minimum atomic E-state index is -0.181. The molecule has 0 unspecified atom stereocenters. The lowest BCUT2D eigenvalue weighted by molar-refractivity contribution is 0.176. The second kappa shape index (κ2) is 8.98. The van der Waals surface area contributed by atoms with Crippen LogP contribution in [0, 0.1) is 12.8 Å². The van der Waals surface area contributed by atoms with Crippen LogP contribution in [0.15, 0.2) is 47.3 Å². The van der Waals surface area contributed by atoms with Gasteiger partial charge in [0.05, 0.1) is 23.7 Å². The molecule has 1 aromatic heterocycles. The number of hydrogen-bond acceptors (Lipinski definition) is 4. The molecule has 1 N–H and O–H groups in total. The highest BCUT2D eigenvalue weighted by atomic mass is 35.5. The molecule has 1 aliphatic rings. The summed E-state index contributed by atoms with van der Waals surface area (Å²) < 4.78 is 7.06. The third-order valence-corrected chi connectivity index (χ3v) is 6.03. The van der Waals surface area contributed by atoms with Gasteiger partial charge in [-0.1, -0.05) is 23.7 Å². The molecule has 1 fully saturated rings. The van der Waals surface area contributed by atoms with Gasteiger partial charge in [-0.25, -0.2) is 9.78 Å². The Bertz CT molecular complexity index is 1170. The molecule has 4 rings (SSSR count). The van der Waals surface area contributed by atoms with Crippen LogP contribution in [0.3, 0.4) is 0 Å². The monoisotopic (exact) mass is 440 g/mol. The summed E-state index contributed by atoms with van der Waals surface area (Å²) in [6.45, 7) is 3.72. The molecular formula is C23H25ClN4O3. The zero-order valence-electron chi connectivity index (χ0n) is 17.6. The number of carbonyl (C=O) groups is 1. The Kier molecular flexibility index (Phi) is 6.13. The summed E-state index contributed by atoms with van der Waals surface area (Å²) in [6.07, 6.45) is 1.64. The highest BCUT2D eigenvalue weighted by Crippen LogP contribution is 2.28. The molecular weight excluding hydrogens is 416 g/mol. The number of ether oxygens (including phenoxy) is 1. The van der Waals surface area contributed by atoms with Crippen LogP contribution in [0.4, 0.5) is 10.5 Å². The molecule has 31 heavy (non-hydrogen) atoms. The van der Waals surface area contributed by atoms with E-state index in [1.165, 1.54) is 0 Å². The maximum absolute atomic E-state index is 12.9. The predicted molar refractivity (Wildman–Crippen MR) is 122 cm³/mol. The first-order valence-corrected chi connectivity index (χ1v) is 10.7. The van der Waals surface area contributed by atoms with E-state index in [1.807, 2.05) is 31.2 Å². The van der Waals surface area contributed by atoms with Crippen LogP contribution >= 0.6 is 11.6 Å². The number of urea groups is 1. The van der Waals surface area contributed by atoms with E-state index in [9.17, 15) is 9.59 Å². The van der Waals surface area contributed by atoms with Gasteiger partial charge in [0.2, 0.25) is 0 Å². The number of rotatable bonds is 4. The van der Waals surface area contributed by atoms with Crippen LogP contribution in [0.1, 0.15) is 18.7 Å². The highest BCUT2D eigenvalue weighted by molar-refractivity contribution is 6.31. The summed E-state index contributed by atoms with van der Waals surface area (Å²) in [4.78, 5) is 32.0. The van der Waals surface area contributed by atoms with Crippen molar-refractivity contribution in [3.63, 3.8) is 0 Å². The number of para-hydroxylation sites is 1. The van der Waals surface area contributed by atoms with Crippen molar-refractivity contribution in [2.45, 2.75) is 26.3 Å². The van der Waals surface area contributed by atoms with Crippen molar-refractivity contribution in [3.05, 3.63) is 63.7 Å². The van der Waals surface area contributed by atoms with Crippen LogP contribution in [0.2, 0.25) is 5.02 Å². The zero-order chi connectivity index (χ0) is 22.0. The molecule has 3 aromatic rings. The van der Waals surface area contributed by atoms with Crippen molar-refractivity contribution in [2.24, 2.45) is 5.92 Å². The molecule has 2 aromatic carbocycles. The maximum atomic E-state index is 12.9. The molecule has 162 valence electrons. The Labute approximate surface area is 185 Å². The first kappa shape index (κ1) is 21.2. The van der Waals surface area contributed by atoms with Crippen molar-refractivity contribution >= 4 is 34.2 Å². The minimum Gasteiger partial charge on any atom is -0.495 e. The number of amides is 2. The van der Waals surface area contributed by atoms with E-state index in [0.717, 1.165) is 24.2 Å². The van der Waals surface area contributed by atoms with Gasteiger partial charge in [-0.3, -0.25) is 9.36 Å². The number of benzene rings is 2. The third kappa shape index (κ3) is 4.51. The molecule has 1 saturated heterocycles. The zero-order valence-corrected chi connectivity index (χ0v) is 18.4. The number of nitrogens with one attached hydrogen (secondary N) is 1. The van der Waals surface area contributed by atoms with Crippen molar-refractivity contribution in [1.29, 1.82) is 0 Å². The van der Waals surface area contributed by atoms with Crippen molar-refractivity contribution in [1.82, 2.24) is 14.5 Å². The number of methoxy groups -OCH3 is 1. The molecule has 0 bridgehead atoms. The lowest BCUT2D eigenvalue weighted by Gasteiger charge is -2.32. The van der Waals surface area contributed by atoms with Gasteiger partial charge < -0.3 is 15.0 Å². The number of anilines is 1. The van der Waals surface area contributed by atoms with Gasteiger partial charge in [0.15, 0.2) is 0 Å². The van der Waals surface area contributed by atoms with Gasteiger partial charge in [-0.05, 0) is 56.0 Å². The van der Waals surface area contributed by atoms with Gasteiger partial charge in [-0.2, -0.15) is 0 Å². The van der Waals surface area contributed by atoms with E-state index in [4.69, 9.17) is 16.3 Å². The summed E-state index contributed by atoms with van der Waals surface area (Å²) in [6, 6.07) is 12.4. The summed E-state index contributed by atoms with van der Waals surface area (Å²) >= 11 is 6.05. The second-order valence-electron chi connectivity index (χ2n) is 7.80. The number of likely N-dealkylation sites (tertiary alicyclic amines) is 1. The van der Waals surface area contributed by atoms with E-state index in [2.05, 4.69) is 10.3 Å². The first-order chi connectivity index (χ1) is 15.0. The Morgan fingerprint density at radius 2 is 1.97 bits per heavy atom. The van der Waals surface area contributed by atoms with Crippen molar-refractivity contribution < 1.29 is 9.53 Å². The van der Waals surface area contributed by atoms with Crippen LogP contribution in [0.5, 0.6) is 5.75 Å². The largest absolute Gasteiger partial charge is 0.495 e. The number of fused-ring (bicyclic) bond motifs is 1. The van der Waals surface area contributed by atoms with Gasteiger partial charge in [0.25, 0.3) is 5.56 Å². The summed E-state index contributed by atoms with van der Waals surface area (Å²) in [5, 5.41) is 4.05. The molecule has 0 radical (unpaired) electrons.